The van der Waals surface area contributed by atoms with Gasteiger partial charge in [-0.05, 0) is 22.9 Å². The van der Waals surface area contributed by atoms with Gasteiger partial charge in [-0.2, -0.15) is 5.10 Å². The zero-order chi connectivity index (χ0) is 12.3. The highest BCUT2D eigenvalue weighted by Crippen LogP contribution is 2.15. The normalized spacial score (nSPS) is 15.1. The first-order chi connectivity index (χ1) is 7.41. The highest BCUT2D eigenvalue weighted by Gasteiger charge is 2.26. The lowest BCUT2D eigenvalue weighted by molar-refractivity contribution is -0.140. The molecule has 0 radical (unpaired) electrons. The zero-order valence-electron chi connectivity index (χ0n) is 9.51. The molecular formula is C10H16BrN3O2. The summed E-state index contributed by atoms with van der Waals surface area (Å²) in [4.78, 5) is 11.1. The first-order valence-electron chi connectivity index (χ1n) is 5.10. The quantitative estimate of drug-likeness (QED) is 0.865. The Morgan fingerprint density at radius 3 is 2.56 bits per heavy atom. The third-order valence-electron chi connectivity index (χ3n) is 2.25. The van der Waals surface area contributed by atoms with E-state index in [1.807, 2.05) is 20.8 Å². The summed E-state index contributed by atoms with van der Waals surface area (Å²) in [5.41, 5.74) is 0. The minimum absolute atomic E-state index is 0.113. The second kappa shape index (κ2) is 5.45. The maximum absolute atomic E-state index is 11.1. The van der Waals surface area contributed by atoms with Crippen LogP contribution in [0.2, 0.25) is 0 Å². The Hall–Kier alpha value is -0.880. The number of halogens is 1. The van der Waals surface area contributed by atoms with E-state index < -0.39 is 12.0 Å². The summed E-state index contributed by atoms with van der Waals surface area (Å²) in [5.74, 6) is -0.868. The van der Waals surface area contributed by atoms with Crippen molar-refractivity contribution >= 4 is 21.9 Å². The number of aliphatic carboxylic acids is 1. The molecule has 1 rings (SSSR count). The predicted molar refractivity (Wildman–Crippen MR) is 64.3 cm³/mol. The lowest BCUT2D eigenvalue weighted by atomic mass is 10.1. The summed E-state index contributed by atoms with van der Waals surface area (Å²) in [6.45, 7) is 5.66. The Balaban J connectivity index is 2.82. The number of carboxylic acids is 1. The lowest BCUT2D eigenvalue weighted by Gasteiger charge is -2.23. The highest BCUT2D eigenvalue weighted by molar-refractivity contribution is 9.10. The SMILES string of the molecule is CC(C)NC(C(=O)O)C(C)n1cc(Br)cn1. The molecular weight excluding hydrogens is 274 g/mol. The largest absolute Gasteiger partial charge is 0.480 e. The van der Waals surface area contributed by atoms with Crippen LogP contribution >= 0.6 is 15.9 Å². The third-order valence-corrected chi connectivity index (χ3v) is 2.66. The molecule has 5 nitrogen and oxygen atoms in total. The van der Waals surface area contributed by atoms with E-state index in [2.05, 4.69) is 26.3 Å². The Kier molecular flexibility index (Phi) is 4.49. The second-order valence-corrected chi connectivity index (χ2v) is 4.93. The van der Waals surface area contributed by atoms with Crippen LogP contribution in [0.5, 0.6) is 0 Å². The van der Waals surface area contributed by atoms with E-state index in [1.54, 1.807) is 17.1 Å². The smallest absolute Gasteiger partial charge is 0.322 e. The molecule has 0 fully saturated rings. The summed E-state index contributed by atoms with van der Waals surface area (Å²) in [7, 11) is 0. The molecule has 2 atom stereocenters. The third kappa shape index (κ3) is 3.31. The fourth-order valence-corrected chi connectivity index (χ4v) is 1.77. The Morgan fingerprint density at radius 1 is 1.56 bits per heavy atom. The van der Waals surface area contributed by atoms with Gasteiger partial charge in [0.1, 0.15) is 6.04 Å². The van der Waals surface area contributed by atoms with Gasteiger partial charge in [0, 0.05) is 12.2 Å². The van der Waals surface area contributed by atoms with E-state index in [-0.39, 0.29) is 12.1 Å². The first kappa shape index (κ1) is 13.2. The van der Waals surface area contributed by atoms with Crippen molar-refractivity contribution in [3.05, 3.63) is 16.9 Å². The van der Waals surface area contributed by atoms with Gasteiger partial charge in [0.25, 0.3) is 0 Å². The molecule has 1 heterocycles. The molecule has 0 bridgehead atoms. The molecule has 0 aliphatic heterocycles. The van der Waals surface area contributed by atoms with Crippen LogP contribution in [0.1, 0.15) is 26.8 Å². The van der Waals surface area contributed by atoms with Crippen LogP contribution in [0.15, 0.2) is 16.9 Å². The number of hydrogen-bond acceptors (Lipinski definition) is 3. The summed E-state index contributed by atoms with van der Waals surface area (Å²) in [6.07, 6.45) is 3.41. The number of nitrogens with zero attached hydrogens (tertiary/aromatic N) is 2. The monoisotopic (exact) mass is 289 g/mol. The van der Waals surface area contributed by atoms with Crippen LogP contribution in [-0.4, -0.2) is 32.9 Å². The summed E-state index contributed by atoms with van der Waals surface area (Å²) in [5, 5.41) is 16.2. The van der Waals surface area contributed by atoms with Gasteiger partial charge in [0.2, 0.25) is 0 Å². The zero-order valence-corrected chi connectivity index (χ0v) is 11.1. The molecule has 0 saturated carbocycles. The predicted octanol–water partition coefficient (Wildman–Crippen LogP) is 1.66. The van der Waals surface area contributed by atoms with Gasteiger partial charge in [-0.25, -0.2) is 0 Å². The molecule has 0 saturated heterocycles. The van der Waals surface area contributed by atoms with Crippen molar-refractivity contribution in [2.75, 3.05) is 0 Å². The number of aromatic nitrogens is 2. The van der Waals surface area contributed by atoms with E-state index >= 15 is 0 Å². The van der Waals surface area contributed by atoms with Crippen molar-refractivity contribution in [2.45, 2.75) is 38.9 Å². The summed E-state index contributed by atoms with van der Waals surface area (Å²) < 4.78 is 2.48. The van der Waals surface area contributed by atoms with Crippen molar-refractivity contribution in [2.24, 2.45) is 0 Å². The molecule has 6 heteroatoms. The minimum atomic E-state index is -0.868. The average molecular weight is 290 g/mol. The van der Waals surface area contributed by atoms with Gasteiger partial charge in [-0.15, -0.1) is 0 Å². The fourth-order valence-electron chi connectivity index (χ4n) is 1.47. The van der Waals surface area contributed by atoms with Crippen molar-refractivity contribution in [1.82, 2.24) is 15.1 Å². The molecule has 90 valence electrons. The molecule has 1 aromatic rings. The van der Waals surface area contributed by atoms with Crippen LogP contribution in [0.3, 0.4) is 0 Å². The van der Waals surface area contributed by atoms with Crippen molar-refractivity contribution in [3.8, 4) is 0 Å². The van der Waals surface area contributed by atoms with E-state index in [1.165, 1.54) is 0 Å². The van der Waals surface area contributed by atoms with Gasteiger partial charge < -0.3 is 10.4 Å². The minimum Gasteiger partial charge on any atom is -0.480 e. The van der Waals surface area contributed by atoms with Crippen LogP contribution in [0.25, 0.3) is 0 Å². The van der Waals surface area contributed by atoms with Gasteiger partial charge in [0.05, 0.1) is 16.7 Å². The molecule has 2 unspecified atom stereocenters. The molecule has 0 aliphatic rings. The molecule has 0 aromatic carbocycles. The molecule has 0 aliphatic carbocycles. The number of hydrogen-bond donors (Lipinski definition) is 2. The van der Waals surface area contributed by atoms with E-state index in [9.17, 15) is 4.79 Å². The number of nitrogens with one attached hydrogen (secondary N) is 1. The van der Waals surface area contributed by atoms with E-state index in [4.69, 9.17) is 5.11 Å². The van der Waals surface area contributed by atoms with E-state index in [0.717, 1.165) is 4.47 Å². The molecule has 1 aromatic heterocycles. The Labute approximate surface area is 103 Å². The maximum atomic E-state index is 11.1. The molecule has 2 N–H and O–H groups in total. The van der Waals surface area contributed by atoms with Gasteiger partial charge in [-0.1, -0.05) is 13.8 Å². The van der Waals surface area contributed by atoms with Gasteiger partial charge in [0.15, 0.2) is 0 Å². The highest BCUT2D eigenvalue weighted by atomic mass is 79.9. The number of rotatable bonds is 5. The van der Waals surface area contributed by atoms with Crippen LogP contribution in [-0.2, 0) is 4.79 Å². The van der Waals surface area contributed by atoms with Crippen molar-refractivity contribution in [1.29, 1.82) is 0 Å². The molecule has 0 amide bonds. The second-order valence-electron chi connectivity index (χ2n) is 4.02. The lowest BCUT2D eigenvalue weighted by Crippen LogP contribution is -2.46. The van der Waals surface area contributed by atoms with Crippen molar-refractivity contribution < 1.29 is 9.90 Å². The Morgan fingerprint density at radius 2 is 2.19 bits per heavy atom. The fraction of sp³-hybridized carbons (Fsp3) is 0.600. The average Bonchev–Trinajstić information content (AvgIpc) is 2.59. The van der Waals surface area contributed by atoms with E-state index in [0.29, 0.717) is 0 Å². The maximum Gasteiger partial charge on any atom is 0.322 e. The van der Waals surface area contributed by atoms with Crippen LogP contribution < -0.4 is 5.32 Å². The van der Waals surface area contributed by atoms with Crippen LogP contribution in [0.4, 0.5) is 0 Å². The van der Waals surface area contributed by atoms with Gasteiger partial charge in [-0.3, -0.25) is 9.48 Å². The number of carbonyl (C=O) groups is 1. The standard InChI is InChI=1S/C10H16BrN3O2/c1-6(2)13-9(10(15)16)7(3)14-5-8(11)4-12-14/h4-7,9,13H,1-3H3,(H,15,16). The first-order valence-corrected chi connectivity index (χ1v) is 5.89. The summed E-state index contributed by atoms with van der Waals surface area (Å²) >= 11 is 3.29. The van der Waals surface area contributed by atoms with Crippen LogP contribution in [0, 0.1) is 0 Å². The topological polar surface area (TPSA) is 67.2 Å². The van der Waals surface area contributed by atoms with Gasteiger partial charge >= 0.3 is 5.97 Å². The number of carboxylic acid groups (broad SMARTS) is 1. The molecule has 0 spiro atoms. The van der Waals surface area contributed by atoms with Crippen molar-refractivity contribution in [3.63, 3.8) is 0 Å². The molecule has 16 heavy (non-hydrogen) atoms. The summed E-state index contributed by atoms with van der Waals surface area (Å²) in [6, 6.07) is -0.777. The Bertz CT molecular complexity index is 365.